The third-order valence-corrected chi connectivity index (χ3v) is 2.61. The van der Waals surface area contributed by atoms with Crippen molar-refractivity contribution < 1.29 is 22.3 Å². The standard InChI is InChI=1S/C14H14F3NO2/c15-14(16,17)20-13-5-3-11(4-6-13)10-18-8-7-12-2-1-9-19-12/h1-6,9,18H,7-8,10H2. The first-order valence-corrected chi connectivity index (χ1v) is 6.11. The lowest BCUT2D eigenvalue weighted by Crippen LogP contribution is -2.18. The van der Waals surface area contributed by atoms with Crippen LogP contribution in [0, 0.1) is 0 Å². The summed E-state index contributed by atoms with van der Waals surface area (Å²) >= 11 is 0. The highest BCUT2D eigenvalue weighted by Crippen LogP contribution is 2.22. The third-order valence-electron chi connectivity index (χ3n) is 2.61. The second kappa shape index (κ2) is 6.47. The lowest BCUT2D eigenvalue weighted by atomic mass is 10.2. The van der Waals surface area contributed by atoms with Gasteiger partial charge in [-0.05, 0) is 29.8 Å². The highest BCUT2D eigenvalue weighted by Gasteiger charge is 2.30. The third kappa shape index (κ3) is 4.97. The second-order valence-electron chi connectivity index (χ2n) is 4.20. The summed E-state index contributed by atoms with van der Waals surface area (Å²) in [5.41, 5.74) is 0.888. The number of ether oxygens (including phenoxy) is 1. The zero-order chi connectivity index (χ0) is 14.4. The van der Waals surface area contributed by atoms with Crippen molar-refractivity contribution in [2.45, 2.75) is 19.3 Å². The largest absolute Gasteiger partial charge is 0.573 e. The van der Waals surface area contributed by atoms with Crippen LogP contribution in [0.5, 0.6) is 5.75 Å². The second-order valence-corrected chi connectivity index (χ2v) is 4.20. The Bertz CT molecular complexity index is 506. The fourth-order valence-electron chi connectivity index (χ4n) is 1.71. The Morgan fingerprint density at radius 3 is 2.45 bits per heavy atom. The van der Waals surface area contributed by atoms with Gasteiger partial charge in [-0.3, -0.25) is 0 Å². The maximum atomic E-state index is 12.0. The van der Waals surface area contributed by atoms with Gasteiger partial charge >= 0.3 is 6.36 Å². The zero-order valence-corrected chi connectivity index (χ0v) is 10.6. The Hall–Kier alpha value is -1.95. The summed E-state index contributed by atoms with van der Waals surface area (Å²) in [4.78, 5) is 0. The van der Waals surface area contributed by atoms with Gasteiger partial charge in [0.2, 0.25) is 0 Å². The number of nitrogens with one attached hydrogen (secondary N) is 1. The summed E-state index contributed by atoms with van der Waals surface area (Å²) < 4.78 is 44.9. The Kier molecular flexibility index (Phi) is 4.68. The molecule has 0 amide bonds. The lowest BCUT2D eigenvalue weighted by Gasteiger charge is -2.09. The molecule has 2 rings (SSSR count). The molecule has 0 aliphatic carbocycles. The van der Waals surface area contributed by atoms with Crippen molar-refractivity contribution in [2.75, 3.05) is 6.54 Å². The van der Waals surface area contributed by atoms with Gasteiger partial charge in [-0.25, -0.2) is 0 Å². The van der Waals surface area contributed by atoms with E-state index in [0.717, 1.165) is 24.3 Å². The average molecular weight is 285 g/mol. The van der Waals surface area contributed by atoms with E-state index >= 15 is 0 Å². The van der Waals surface area contributed by atoms with E-state index in [1.54, 1.807) is 18.4 Å². The van der Waals surface area contributed by atoms with Crippen LogP contribution in [0.2, 0.25) is 0 Å². The molecule has 1 N–H and O–H groups in total. The van der Waals surface area contributed by atoms with E-state index in [9.17, 15) is 13.2 Å². The number of alkyl halides is 3. The normalized spacial score (nSPS) is 11.6. The molecule has 1 aromatic heterocycles. The van der Waals surface area contributed by atoms with Gasteiger partial charge in [0.25, 0.3) is 0 Å². The molecule has 0 atom stereocenters. The van der Waals surface area contributed by atoms with Crippen molar-refractivity contribution in [3.8, 4) is 5.75 Å². The first-order chi connectivity index (χ1) is 9.53. The summed E-state index contributed by atoms with van der Waals surface area (Å²) in [6, 6.07) is 9.52. The molecule has 0 unspecified atom stereocenters. The summed E-state index contributed by atoms with van der Waals surface area (Å²) in [6.45, 7) is 1.31. The SMILES string of the molecule is FC(F)(F)Oc1ccc(CNCCc2ccco2)cc1. The molecule has 20 heavy (non-hydrogen) atoms. The molecule has 0 aliphatic heterocycles. The van der Waals surface area contributed by atoms with E-state index in [4.69, 9.17) is 4.42 Å². The van der Waals surface area contributed by atoms with Gasteiger partial charge in [-0.15, -0.1) is 13.2 Å². The van der Waals surface area contributed by atoms with E-state index in [1.807, 2.05) is 12.1 Å². The predicted molar refractivity (Wildman–Crippen MR) is 67.2 cm³/mol. The number of hydrogen-bond acceptors (Lipinski definition) is 3. The molecular formula is C14H14F3NO2. The molecule has 0 saturated carbocycles. The Morgan fingerprint density at radius 1 is 1.10 bits per heavy atom. The van der Waals surface area contributed by atoms with E-state index in [2.05, 4.69) is 10.1 Å². The van der Waals surface area contributed by atoms with Gasteiger partial charge in [-0.1, -0.05) is 12.1 Å². The summed E-state index contributed by atoms with van der Waals surface area (Å²) in [7, 11) is 0. The van der Waals surface area contributed by atoms with Crippen molar-refractivity contribution >= 4 is 0 Å². The van der Waals surface area contributed by atoms with Gasteiger partial charge in [0.15, 0.2) is 0 Å². The molecule has 0 radical (unpaired) electrons. The van der Waals surface area contributed by atoms with Crippen molar-refractivity contribution in [3.05, 3.63) is 54.0 Å². The minimum absolute atomic E-state index is 0.211. The van der Waals surface area contributed by atoms with Gasteiger partial charge in [0.05, 0.1) is 6.26 Å². The van der Waals surface area contributed by atoms with Gasteiger partial charge in [0, 0.05) is 19.5 Å². The topological polar surface area (TPSA) is 34.4 Å². The maximum Gasteiger partial charge on any atom is 0.573 e. The van der Waals surface area contributed by atoms with Crippen LogP contribution >= 0.6 is 0 Å². The Balaban J connectivity index is 1.73. The van der Waals surface area contributed by atoms with Crippen LogP contribution in [0.3, 0.4) is 0 Å². The van der Waals surface area contributed by atoms with Gasteiger partial charge < -0.3 is 14.5 Å². The monoisotopic (exact) mass is 285 g/mol. The molecule has 1 heterocycles. The van der Waals surface area contributed by atoms with Crippen LogP contribution in [0.25, 0.3) is 0 Å². The van der Waals surface area contributed by atoms with Crippen LogP contribution in [0.1, 0.15) is 11.3 Å². The quantitative estimate of drug-likeness (QED) is 0.825. The fourth-order valence-corrected chi connectivity index (χ4v) is 1.71. The Morgan fingerprint density at radius 2 is 1.85 bits per heavy atom. The molecule has 0 spiro atoms. The highest BCUT2D eigenvalue weighted by atomic mass is 19.4. The molecule has 0 bridgehead atoms. The molecule has 0 aliphatic rings. The number of rotatable bonds is 6. The van der Waals surface area contributed by atoms with E-state index in [0.29, 0.717) is 6.54 Å². The first kappa shape index (κ1) is 14.5. The van der Waals surface area contributed by atoms with Crippen molar-refractivity contribution in [2.24, 2.45) is 0 Å². The summed E-state index contributed by atoms with van der Waals surface area (Å²) in [5.74, 6) is 0.684. The molecular weight excluding hydrogens is 271 g/mol. The summed E-state index contributed by atoms with van der Waals surface area (Å²) in [5, 5.41) is 3.18. The number of benzene rings is 1. The number of halogens is 3. The Labute approximate surface area is 114 Å². The zero-order valence-electron chi connectivity index (χ0n) is 10.6. The molecule has 1 aromatic carbocycles. The van der Waals surface area contributed by atoms with Crippen molar-refractivity contribution in [1.82, 2.24) is 5.32 Å². The van der Waals surface area contributed by atoms with Crippen LogP contribution < -0.4 is 10.1 Å². The van der Waals surface area contributed by atoms with E-state index in [1.165, 1.54) is 12.1 Å². The first-order valence-electron chi connectivity index (χ1n) is 6.11. The van der Waals surface area contributed by atoms with Gasteiger partial charge in [-0.2, -0.15) is 0 Å². The average Bonchev–Trinajstić information content (AvgIpc) is 2.88. The molecule has 6 heteroatoms. The smallest absolute Gasteiger partial charge is 0.469 e. The summed E-state index contributed by atoms with van der Waals surface area (Å²) in [6.07, 6.45) is -2.26. The maximum absolute atomic E-state index is 12.0. The lowest BCUT2D eigenvalue weighted by molar-refractivity contribution is -0.274. The minimum Gasteiger partial charge on any atom is -0.469 e. The molecule has 0 fully saturated rings. The number of furan rings is 1. The van der Waals surface area contributed by atoms with Crippen molar-refractivity contribution in [1.29, 1.82) is 0 Å². The van der Waals surface area contributed by atoms with Crippen LogP contribution in [-0.4, -0.2) is 12.9 Å². The molecule has 0 saturated heterocycles. The molecule has 3 nitrogen and oxygen atoms in total. The van der Waals surface area contributed by atoms with Gasteiger partial charge in [0.1, 0.15) is 11.5 Å². The number of hydrogen-bond donors (Lipinski definition) is 1. The van der Waals surface area contributed by atoms with E-state index < -0.39 is 6.36 Å². The molecule has 2 aromatic rings. The molecule has 108 valence electrons. The van der Waals surface area contributed by atoms with Crippen LogP contribution in [0.4, 0.5) is 13.2 Å². The van der Waals surface area contributed by atoms with Crippen LogP contribution in [0.15, 0.2) is 47.1 Å². The van der Waals surface area contributed by atoms with E-state index in [-0.39, 0.29) is 5.75 Å². The van der Waals surface area contributed by atoms with Crippen molar-refractivity contribution in [3.63, 3.8) is 0 Å². The predicted octanol–water partition coefficient (Wildman–Crippen LogP) is 3.51. The van der Waals surface area contributed by atoms with Crippen LogP contribution in [-0.2, 0) is 13.0 Å². The minimum atomic E-state index is -4.65. The highest BCUT2D eigenvalue weighted by molar-refractivity contribution is 5.27. The fraction of sp³-hybridized carbons (Fsp3) is 0.286.